The fourth-order valence-electron chi connectivity index (χ4n) is 2.38. The summed E-state index contributed by atoms with van der Waals surface area (Å²) in [5, 5.41) is 3.37. The van der Waals surface area contributed by atoms with E-state index in [1.165, 1.54) is 25.7 Å². The van der Waals surface area contributed by atoms with Crippen LogP contribution in [0.3, 0.4) is 0 Å². The minimum absolute atomic E-state index is 0.712. The minimum atomic E-state index is 0.712. The van der Waals surface area contributed by atoms with Gasteiger partial charge in [-0.05, 0) is 46.7 Å². The van der Waals surface area contributed by atoms with Gasteiger partial charge < -0.3 is 11.1 Å². The highest BCUT2D eigenvalue weighted by atomic mass is 79.9. The number of hydrogen-bond acceptors (Lipinski definition) is 3. The molecule has 0 unspecified atom stereocenters. The highest BCUT2D eigenvalue weighted by Crippen LogP contribution is 2.29. The van der Waals surface area contributed by atoms with Crippen molar-refractivity contribution in [2.45, 2.75) is 32.6 Å². The molecule has 1 saturated carbocycles. The number of halogens is 1. The number of nitrogens with one attached hydrogen (secondary N) is 1. The van der Waals surface area contributed by atoms with Crippen molar-refractivity contribution in [1.29, 1.82) is 0 Å². The molecule has 1 aromatic heterocycles. The second-order valence-electron chi connectivity index (χ2n) is 5.10. The van der Waals surface area contributed by atoms with Gasteiger partial charge >= 0.3 is 0 Å². The van der Waals surface area contributed by atoms with Gasteiger partial charge in [-0.2, -0.15) is 0 Å². The van der Waals surface area contributed by atoms with E-state index in [4.69, 9.17) is 5.73 Å². The van der Waals surface area contributed by atoms with Crippen molar-refractivity contribution in [3.63, 3.8) is 0 Å². The first kappa shape index (κ1) is 12.7. The molecule has 1 aromatic rings. The maximum atomic E-state index is 5.90. The van der Waals surface area contributed by atoms with Crippen LogP contribution in [0.5, 0.6) is 0 Å². The summed E-state index contributed by atoms with van der Waals surface area (Å²) >= 11 is 3.36. The molecule has 0 amide bonds. The van der Waals surface area contributed by atoms with Crippen molar-refractivity contribution in [2.75, 3.05) is 17.6 Å². The SMILES string of the molecule is CC1CCC(CNc2ncc(Br)cc2N)CC1. The van der Waals surface area contributed by atoms with Gasteiger partial charge in [-0.1, -0.05) is 19.8 Å². The van der Waals surface area contributed by atoms with Crippen LogP contribution in [0.1, 0.15) is 32.6 Å². The van der Waals surface area contributed by atoms with Crippen LogP contribution < -0.4 is 11.1 Å². The van der Waals surface area contributed by atoms with Crippen LogP contribution in [-0.2, 0) is 0 Å². The fraction of sp³-hybridized carbons (Fsp3) is 0.615. The molecule has 4 heteroatoms. The van der Waals surface area contributed by atoms with E-state index in [2.05, 4.69) is 33.2 Å². The molecule has 2 rings (SSSR count). The summed E-state index contributed by atoms with van der Waals surface area (Å²) < 4.78 is 0.923. The lowest BCUT2D eigenvalue weighted by atomic mass is 9.83. The molecule has 1 aliphatic rings. The molecule has 0 atom stereocenters. The number of aromatic nitrogens is 1. The van der Waals surface area contributed by atoms with Gasteiger partial charge in [0.2, 0.25) is 0 Å². The molecule has 0 bridgehead atoms. The number of hydrogen-bond donors (Lipinski definition) is 2. The molecule has 3 nitrogen and oxygen atoms in total. The number of rotatable bonds is 3. The summed E-state index contributed by atoms with van der Waals surface area (Å²) in [5.41, 5.74) is 6.62. The average Bonchev–Trinajstić information content (AvgIpc) is 2.30. The van der Waals surface area contributed by atoms with E-state index in [1.54, 1.807) is 6.20 Å². The molecular formula is C13H20BrN3. The van der Waals surface area contributed by atoms with Crippen LogP contribution in [0.4, 0.5) is 11.5 Å². The maximum Gasteiger partial charge on any atom is 0.149 e. The number of nitrogens with zero attached hydrogens (tertiary/aromatic N) is 1. The van der Waals surface area contributed by atoms with E-state index in [9.17, 15) is 0 Å². The first-order valence-electron chi connectivity index (χ1n) is 6.30. The van der Waals surface area contributed by atoms with Gasteiger partial charge in [0, 0.05) is 17.2 Å². The van der Waals surface area contributed by atoms with Crippen molar-refractivity contribution >= 4 is 27.4 Å². The van der Waals surface area contributed by atoms with Crippen molar-refractivity contribution in [3.8, 4) is 0 Å². The van der Waals surface area contributed by atoms with Crippen molar-refractivity contribution in [2.24, 2.45) is 11.8 Å². The summed E-state index contributed by atoms with van der Waals surface area (Å²) in [4.78, 5) is 4.29. The Hall–Kier alpha value is -0.770. The van der Waals surface area contributed by atoms with Gasteiger partial charge in [0.1, 0.15) is 5.82 Å². The number of pyridine rings is 1. The van der Waals surface area contributed by atoms with E-state index < -0.39 is 0 Å². The van der Waals surface area contributed by atoms with Crippen molar-refractivity contribution < 1.29 is 0 Å². The third kappa shape index (κ3) is 3.60. The first-order valence-corrected chi connectivity index (χ1v) is 7.09. The third-order valence-corrected chi connectivity index (χ3v) is 4.01. The van der Waals surface area contributed by atoms with Crippen molar-refractivity contribution in [3.05, 3.63) is 16.7 Å². The molecule has 0 aromatic carbocycles. The van der Waals surface area contributed by atoms with E-state index in [0.717, 1.165) is 28.7 Å². The predicted molar refractivity (Wildman–Crippen MR) is 76.0 cm³/mol. The second-order valence-corrected chi connectivity index (χ2v) is 6.01. The van der Waals surface area contributed by atoms with Gasteiger partial charge in [-0.25, -0.2) is 4.98 Å². The average molecular weight is 298 g/mol. The van der Waals surface area contributed by atoms with Crippen LogP contribution in [0.25, 0.3) is 0 Å². The zero-order valence-corrected chi connectivity index (χ0v) is 11.8. The van der Waals surface area contributed by atoms with Gasteiger partial charge in [-0.15, -0.1) is 0 Å². The Labute approximate surface area is 111 Å². The smallest absolute Gasteiger partial charge is 0.149 e. The molecule has 0 radical (unpaired) electrons. The highest BCUT2D eigenvalue weighted by molar-refractivity contribution is 9.10. The molecule has 0 saturated heterocycles. The van der Waals surface area contributed by atoms with E-state index in [0.29, 0.717) is 5.69 Å². The van der Waals surface area contributed by atoms with Crippen molar-refractivity contribution in [1.82, 2.24) is 4.98 Å². The standard InChI is InChI=1S/C13H20BrN3/c1-9-2-4-10(5-3-9)7-16-13-12(15)6-11(14)8-17-13/h6,8-10H,2-5,7,15H2,1H3,(H,16,17). The summed E-state index contributed by atoms with van der Waals surface area (Å²) in [6.07, 6.45) is 7.14. The van der Waals surface area contributed by atoms with Crippen LogP contribution in [0.15, 0.2) is 16.7 Å². The van der Waals surface area contributed by atoms with Gasteiger partial charge in [0.25, 0.3) is 0 Å². The molecule has 0 aliphatic heterocycles. The summed E-state index contributed by atoms with van der Waals surface area (Å²) in [6, 6.07) is 1.89. The highest BCUT2D eigenvalue weighted by Gasteiger charge is 2.18. The quantitative estimate of drug-likeness (QED) is 0.895. The molecule has 94 valence electrons. The Bertz CT molecular complexity index is 373. The topological polar surface area (TPSA) is 50.9 Å². The molecule has 3 N–H and O–H groups in total. The fourth-order valence-corrected chi connectivity index (χ4v) is 2.73. The Kier molecular flexibility index (Phi) is 4.26. The third-order valence-electron chi connectivity index (χ3n) is 3.58. The van der Waals surface area contributed by atoms with Gasteiger partial charge in [0.15, 0.2) is 0 Å². The zero-order chi connectivity index (χ0) is 12.3. The summed E-state index contributed by atoms with van der Waals surface area (Å²) in [5.74, 6) is 2.49. The first-order chi connectivity index (χ1) is 8.15. The number of anilines is 2. The zero-order valence-electron chi connectivity index (χ0n) is 10.2. The number of nitrogen functional groups attached to an aromatic ring is 1. The van der Waals surface area contributed by atoms with E-state index in [1.807, 2.05) is 6.07 Å². The van der Waals surface area contributed by atoms with Crippen LogP contribution in [0, 0.1) is 11.8 Å². The molecule has 0 spiro atoms. The number of nitrogens with two attached hydrogens (primary N) is 1. The van der Waals surface area contributed by atoms with E-state index in [-0.39, 0.29) is 0 Å². The van der Waals surface area contributed by atoms with Gasteiger partial charge in [0.05, 0.1) is 5.69 Å². The summed E-state index contributed by atoms with van der Waals surface area (Å²) in [7, 11) is 0. The molecular weight excluding hydrogens is 278 g/mol. The van der Waals surface area contributed by atoms with Crippen LogP contribution in [-0.4, -0.2) is 11.5 Å². The molecule has 1 fully saturated rings. The van der Waals surface area contributed by atoms with Crippen LogP contribution in [0.2, 0.25) is 0 Å². The lowest BCUT2D eigenvalue weighted by molar-refractivity contribution is 0.300. The normalized spacial score (nSPS) is 24.6. The lowest BCUT2D eigenvalue weighted by Gasteiger charge is -2.26. The Morgan fingerprint density at radius 2 is 2.12 bits per heavy atom. The van der Waals surface area contributed by atoms with Gasteiger partial charge in [-0.3, -0.25) is 0 Å². The van der Waals surface area contributed by atoms with Crippen LogP contribution >= 0.6 is 15.9 Å². The summed E-state index contributed by atoms with van der Waals surface area (Å²) in [6.45, 7) is 3.34. The molecule has 1 heterocycles. The lowest BCUT2D eigenvalue weighted by Crippen LogP contribution is -2.20. The Balaban J connectivity index is 1.85. The van der Waals surface area contributed by atoms with E-state index >= 15 is 0 Å². The maximum absolute atomic E-state index is 5.90. The molecule has 1 aliphatic carbocycles. The second kappa shape index (κ2) is 5.71. The predicted octanol–water partition coefficient (Wildman–Crippen LogP) is 3.66. The largest absolute Gasteiger partial charge is 0.396 e. The Morgan fingerprint density at radius 1 is 1.41 bits per heavy atom. The molecule has 17 heavy (non-hydrogen) atoms. The Morgan fingerprint density at radius 3 is 2.76 bits per heavy atom. The monoisotopic (exact) mass is 297 g/mol. The minimum Gasteiger partial charge on any atom is -0.396 e.